The molecule has 2 atom stereocenters. The van der Waals surface area contributed by atoms with Gasteiger partial charge in [-0.25, -0.2) is 4.68 Å². The van der Waals surface area contributed by atoms with Crippen molar-refractivity contribution in [2.24, 2.45) is 0 Å². The van der Waals surface area contributed by atoms with Gasteiger partial charge in [0.25, 0.3) is 0 Å². The fourth-order valence-corrected chi connectivity index (χ4v) is 1.84. The van der Waals surface area contributed by atoms with Crippen molar-refractivity contribution in [2.75, 3.05) is 27.2 Å². The molecule has 1 aromatic rings. The van der Waals surface area contributed by atoms with Gasteiger partial charge in [0, 0.05) is 25.3 Å². The SMILES string of the molecule is CN(C)C1CNCC1n1ccnn1.Cl.Cl.Cl. The first-order valence-corrected chi connectivity index (χ1v) is 4.52. The minimum absolute atomic E-state index is 0. The van der Waals surface area contributed by atoms with Gasteiger partial charge < -0.3 is 10.2 Å². The number of hydrogen-bond acceptors (Lipinski definition) is 4. The third-order valence-electron chi connectivity index (χ3n) is 2.60. The van der Waals surface area contributed by atoms with Crippen LogP contribution < -0.4 is 5.32 Å². The summed E-state index contributed by atoms with van der Waals surface area (Å²) >= 11 is 0. The summed E-state index contributed by atoms with van der Waals surface area (Å²) in [7, 11) is 4.20. The lowest BCUT2D eigenvalue weighted by atomic mass is 10.1. The summed E-state index contributed by atoms with van der Waals surface area (Å²) < 4.78 is 1.94. The van der Waals surface area contributed by atoms with Crippen LogP contribution in [0.3, 0.4) is 0 Å². The second kappa shape index (κ2) is 8.08. The Kier molecular flexibility index (Phi) is 9.25. The van der Waals surface area contributed by atoms with Crippen LogP contribution in [0.4, 0.5) is 0 Å². The highest BCUT2D eigenvalue weighted by molar-refractivity contribution is 5.86. The van der Waals surface area contributed by atoms with E-state index >= 15 is 0 Å². The van der Waals surface area contributed by atoms with Crippen molar-refractivity contribution in [3.63, 3.8) is 0 Å². The Morgan fingerprint density at radius 2 is 1.94 bits per heavy atom. The van der Waals surface area contributed by atoms with Crippen LogP contribution in [0.15, 0.2) is 12.4 Å². The Labute approximate surface area is 114 Å². The van der Waals surface area contributed by atoms with Crippen LogP contribution >= 0.6 is 37.2 Å². The number of hydrogen-bond donors (Lipinski definition) is 1. The number of rotatable bonds is 2. The predicted molar refractivity (Wildman–Crippen MR) is 71.1 cm³/mol. The highest BCUT2D eigenvalue weighted by Crippen LogP contribution is 2.17. The highest BCUT2D eigenvalue weighted by atomic mass is 35.5. The van der Waals surface area contributed by atoms with Crippen molar-refractivity contribution < 1.29 is 0 Å². The molecule has 5 nitrogen and oxygen atoms in total. The van der Waals surface area contributed by atoms with Crippen molar-refractivity contribution in [3.05, 3.63) is 12.4 Å². The average molecular weight is 291 g/mol. The Balaban J connectivity index is 0. The van der Waals surface area contributed by atoms with Gasteiger partial charge in [-0.05, 0) is 14.1 Å². The first kappa shape index (κ1) is 18.3. The zero-order chi connectivity index (χ0) is 9.26. The van der Waals surface area contributed by atoms with E-state index in [9.17, 15) is 0 Å². The molecular formula is C8H18Cl3N5. The third kappa shape index (κ3) is 3.75. The summed E-state index contributed by atoms with van der Waals surface area (Å²) in [4.78, 5) is 2.23. The first-order valence-electron chi connectivity index (χ1n) is 4.52. The van der Waals surface area contributed by atoms with E-state index in [1.807, 2.05) is 10.9 Å². The summed E-state index contributed by atoms with van der Waals surface area (Å²) in [5.41, 5.74) is 0. The number of halogens is 3. The first-order chi connectivity index (χ1) is 6.29. The summed E-state index contributed by atoms with van der Waals surface area (Å²) in [5, 5.41) is 11.2. The molecule has 8 heteroatoms. The van der Waals surface area contributed by atoms with Gasteiger partial charge in [-0.2, -0.15) is 0 Å². The van der Waals surface area contributed by atoms with E-state index in [4.69, 9.17) is 0 Å². The third-order valence-corrected chi connectivity index (χ3v) is 2.60. The molecule has 1 aliphatic rings. The highest BCUT2D eigenvalue weighted by Gasteiger charge is 2.30. The average Bonchev–Trinajstić information content (AvgIpc) is 2.74. The van der Waals surface area contributed by atoms with Crippen LogP contribution in [0.1, 0.15) is 6.04 Å². The van der Waals surface area contributed by atoms with Gasteiger partial charge in [-0.15, -0.1) is 42.3 Å². The summed E-state index contributed by atoms with van der Waals surface area (Å²) in [5.74, 6) is 0. The maximum Gasteiger partial charge on any atom is 0.0828 e. The van der Waals surface area contributed by atoms with Crippen LogP contribution in [-0.2, 0) is 0 Å². The Hall–Kier alpha value is -0.0700. The molecule has 2 heterocycles. The summed E-state index contributed by atoms with van der Waals surface area (Å²) in [6, 6.07) is 0.930. The van der Waals surface area contributed by atoms with Crippen LogP contribution in [-0.4, -0.2) is 53.1 Å². The fraction of sp³-hybridized carbons (Fsp3) is 0.750. The molecule has 1 saturated heterocycles. The van der Waals surface area contributed by atoms with Gasteiger partial charge in [-0.1, -0.05) is 5.21 Å². The van der Waals surface area contributed by atoms with E-state index in [0.29, 0.717) is 12.1 Å². The van der Waals surface area contributed by atoms with Crippen molar-refractivity contribution in [3.8, 4) is 0 Å². The molecule has 0 radical (unpaired) electrons. The molecule has 0 aliphatic carbocycles. The molecular weight excluding hydrogens is 272 g/mol. The summed E-state index contributed by atoms with van der Waals surface area (Å²) in [6.45, 7) is 2.00. The van der Waals surface area contributed by atoms with Gasteiger partial charge in [0.15, 0.2) is 0 Å². The van der Waals surface area contributed by atoms with Crippen molar-refractivity contribution >= 4 is 37.2 Å². The molecule has 1 fully saturated rings. The molecule has 16 heavy (non-hydrogen) atoms. The lowest BCUT2D eigenvalue weighted by Crippen LogP contribution is -2.36. The smallest absolute Gasteiger partial charge is 0.0828 e. The maximum absolute atomic E-state index is 4.03. The van der Waals surface area contributed by atoms with E-state index in [2.05, 4.69) is 34.6 Å². The van der Waals surface area contributed by atoms with Crippen molar-refractivity contribution in [2.45, 2.75) is 12.1 Å². The Morgan fingerprint density at radius 1 is 1.25 bits per heavy atom. The maximum atomic E-state index is 4.03. The van der Waals surface area contributed by atoms with Gasteiger partial charge in [0.2, 0.25) is 0 Å². The van der Waals surface area contributed by atoms with Gasteiger partial charge >= 0.3 is 0 Å². The second-order valence-electron chi connectivity index (χ2n) is 3.64. The van der Waals surface area contributed by atoms with E-state index < -0.39 is 0 Å². The molecule has 0 aromatic carbocycles. The molecule has 1 aromatic heterocycles. The number of aromatic nitrogens is 3. The minimum atomic E-state index is 0. The zero-order valence-electron chi connectivity index (χ0n) is 9.24. The van der Waals surface area contributed by atoms with E-state index in [-0.39, 0.29) is 37.2 Å². The lowest BCUT2D eigenvalue weighted by Gasteiger charge is -2.24. The van der Waals surface area contributed by atoms with Crippen LogP contribution in [0.5, 0.6) is 0 Å². The summed E-state index contributed by atoms with van der Waals surface area (Å²) in [6.07, 6.45) is 3.65. The van der Waals surface area contributed by atoms with Gasteiger partial charge in [-0.3, -0.25) is 0 Å². The standard InChI is InChI=1S/C8H15N5.3ClH/c1-12(2)7-5-9-6-8(7)13-4-3-10-11-13;;;/h3-4,7-9H,5-6H2,1-2H3;3*1H. The number of nitrogens with one attached hydrogen (secondary N) is 1. The fourth-order valence-electron chi connectivity index (χ4n) is 1.84. The molecule has 1 N–H and O–H groups in total. The van der Waals surface area contributed by atoms with Crippen molar-refractivity contribution in [1.29, 1.82) is 0 Å². The van der Waals surface area contributed by atoms with Gasteiger partial charge in [0.05, 0.1) is 12.2 Å². The second-order valence-corrected chi connectivity index (χ2v) is 3.64. The number of likely N-dealkylation sites (N-methyl/N-ethyl adjacent to an activating group) is 1. The molecule has 96 valence electrons. The van der Waals surface area contributed by atoms with E-state index in [0.717, 1.165) is 13.1 Å². The Morgan fingerprint density at radius 3 is 2.44 bits per heavy atom. The zero-order valence-corrected chi connectivity index (χ0v) is 11.7. The van der Waals surface area contributed by atoms with Crippen molar-refractivity contribution in [1.82, 2.24) is 25.2 Å². The molecule has 0 bridgehead atoms. The van der Waals surface area contributed by atoms with Crippen LogP contribution in [0.2, 0.25) is 0 Å². The van der Waals surface area contributed by atoms with Crippen LogP contribution in [0.25, 0.3) is 0 Å². The molecule has 2 unspecified atom stereocenters. The lowest BCUT2D eigenvalue weighted by molar-refractivity contribution is 0.243. The monoisotopic (exact) mass is 289 g/mol. The normalized spacial score (nSPS) is 23.2. The molecule has 2 rings (SSSR count). The quantitative estimate of drug-likeness (QED) is 0.867. The minimum Gasteiger partial charge on any atom is -0.313 e. The van der Waals surface area contributed by atoms with Gasteiger partial charge in [0.1, 0.15) is 0 Å². The molecule has 1 aliphatic heterocycles. The molecule has 0 spiro atoms. The topological polar surface area (TPSA) is 46.0 Å². The number of nitrogens with zero attached hydrogens (tertiary/aromatic N) is 4. The predicted octanol–water partition coefficient (Wildman–Crippen LogP) is 0.618. The largest absolute Gasteiger partial charge is 0.313 e. The van der Waals surface area contributed by atoms with Crippen LogP contribution in [0, 0.1) is 0 Å². The van der Waals surface area contributed by atoms with E-state index in [1.165, 1.54) is 0 Å². The Bertz CT molecular complexity index is 267. The molecule has 0 saturated carbocycles. The van der Waals surface area contributed by atoms with E-state index in [1.54, 1.807) is 6.20 Å². The molecule has 0 amide bonds.